The molecule has 0 saturated carbocycles. The maximum Gasteiger partial charge on any atom is 0.163 e. The number of hydrogen-bond donors (Lipinski definition) is 1. The van der Waals surface area contributed by atoms with E-state index in [1.54, 1.807) is 19.2 Å². The lowest BCUT2D eigenvalue weighted by molar-refractivity contribution is -0.111. The molecule has 1 aliphatic heterocycles. The second-order valence-corrected chi connectivity index (χ2v) is 8.77. The summed E-state index contributed by atoms with van der Waals surface area (Å²) >= 11 is 12.2. The van der Waals surface area contributed by atoms with Gasteiger partial charge in [0.15, 0.2) is 11.5 Å². The van der Waals surface area contributed by atoms with Gasteiger partial charge in [0, 0.05) is 29.7 Å². The summed E-state index contributed by atoms with van der Waals surface area (Å²) in [4.78, 5) is 11.1. The molecule has 0 amide bonds. The van der Waals surface area contributed by atoms with Gasteiger partial charge in [-0.2, -0.15) is 0 Å². The summed E-state index contributed by atoms with van der Waals surface area (Å²) in [5.74, 6) is 1.82. The first kappa shape index (κ1) is 22.9. The molecule has 4 rings (SSSR count). The summed E-state index contributed by atoms with van der Waals surface area (Å²) < 4.78 is 17.8. The van der Waals surface area contributed by atoms with Gasteiger partial charge in [-0.05, 0) is 45.2 Å². The standard InChI is InChI=1S/C23H26Cl2N4O3/c1-13-14(2)32-16(10-29(13)3)11-31-22-9-20-17(8-21(22)30-4)23(27-12-26-20)28-15-5-6-18(24)19(25)7-15/h5-9,12-14,16H,10-11H2,1-4H3,(H,26,27,28)/t13?,14-,16?/m0/s1. The van der Waals surface area contributed by atoms with Crippen molar-refractivity contribution in [3.63, 3.8) is 0 Å². The van der Waals surface area contributed by atoms with E-state index >= 15 is 0 Å². The highest BCUT2D eigenvalue weighted by molar-refractivity contribution is 6.42. The molecule has 0 radical (unpaired) electrons. The van der Waals surface area contributed by atoms with Crippen LogP contribution in [0.3, 0.4) is 0 Å². The fourth-order valence-corrected chi connectivity index (χ4v) is 4.03. The molecule has 2 heterocycles. The van der Waals surface area contributed by atoms with Crippen LogP contribution in [0.15, 0.2) is 36.7 Å². The number of methoxy groups -OCH3 is 1. The minimum Gasteiger partial charge on any atom is -0.493 e. The maximum atomic E-state index is 6.14. The zero-order chi connectivity index (χ0) is 22.8. The Bertz CT molecular complexity index is 1100. The van der Waals surface area contributed by atoms with Crippen LogP contribution in [0.25, 0.3) is 10.9 Å². The number of morpholine rings is 1. The van der Waals surface area contributed by atoms with E-state index in [0.29, 0.717) is 40.0 Å². The number of rotatable bonds is 6. The van der Waals surface area contributed by atoms with Crippen LogP contribution >= 0.6 is 23.2 Å². The molecular weight excluding hydrogens is 451 g/mol. The first-order chi connectivity index (χ1) is 15.4. The third-order valence-electron chi connectivity index (χ3n) is 5.80. The lowest BCUT2D eigenvalue weighted by Crippen LogP contribution is -2.52. The number of aromatic nitrogens is 2. The molecule has 0 aliphatic carbocycles. The Labute approximate surface area is 197 Å². The molecule has 32 heavy (non-hydrogen) atoms. The molecule has 170 valence electrons. The van der Waals surface area contributed by atoms with E-state index in [0.717, 1.165) is 23.1 Å². The second kappa shape index (κ2) is 9.67. The first-order valence-electron chi connectivity index (χ1n) is 10.4. The van der Waals surface area contributed by atoms with Crippen molar-refractivity contribution >= 4 is 45.6 Å². The van der Waals surface area contributed by atoms with E-state index in [-0.39, 0.29) is 12.2 Å². The Balaban J connectivity index is 1.57. The third kappa shape index (κ3) is 4.86. The smallest absolute Gasteiger partial charge is 0.163 e. The summed E-state index contributed by atoms with van der Waals surface area (Å²) in [5, 5.41) is 5.01. The molecular formula is C23H26Cl2N4O3. The van der Waals surface area contributed by atoms with Crippen LogP contribution in [0.1, 0.15) is 13.8 Å². The molecule has 2 unspecified atom stereocenters. The molecule has 7 nitrogen and oxygen atoms in total. The average Bonchev–Trinajstić information content (AvgIpc) is 2.78. The summed E-state index contributed by atoms with van der Waals surface area (Å²) in [6.07, 6.45) is 1.62. The van der Waals surface area contributed by atoms with E-state index < -0.39 is 0 Å². The second-order valence-electron chi connectivity index (χ2n) is 7.95. The third-order valence-corrected chi connectivity index (χ3v) is 6.54. The van der Waals surface area contributed by atoms with Gasteiger partial charge in [0.25, 0.3) is 0 Å². The number of anilines is 2. The van der Waals surface area contributed by atoms with Crippen LogP contribution in [0, 0.1) is 0 Å². The summed E-state index contributed by atoms with van der Waals surface area (Å²) in [7, 11) is 3.71. The molecule has 3 atom stereocenters. The van der Waals surface area contributed by atoms with Gasteiger partial charge in [-0.3, -0.25) is 4.90 Å². The predicted molar refractivity (Wildman–Crippen MR) is 128 cm³/mol. The number of hydrogen-bond acceptors (Lipinski definition) is 7. The monoisotopic (exact) mass is 476 g/mol. The number of halogens is 2. The Hall–Kier alpha value is -2.32. The molecule has 0 bridgehead atoms. The summed E-state index contributed by atoms with van der Waals surface area (Å²) in [6, 6.07) is 9.40. The van der Waals surface area contributed by atoms with Crippen molar-refractivity contribution in [2.75, 3.05) is 32.6 Å². The molecule has 1 aliphatic rings. The van der Waals surface area contributed by atoms with Crippen LogP contribution in [-0.4, -0.2) is 60.4 Å². The quantitative estimate of drug-likeness (QED) is 0.525. The van der Waals surface area contributed by atoms with Crippen molar-refractivity contribution in [1.82, 2.24) is 14.9 Å². The van der Waals surface area contributed by atoms with Crippen LogP contribution < -0.4 is 14.8 Å². The van der Waals surface area contributed by atoms with E-state index in [4.69, 9.17) is 37.4 Å². The Kier molecular flexibility index (Phi) is 6.90. The maximum absolute atomic E-state index is 6.14. The van der Waals surface area contributed by atoms with Crippen molar-refractivity contribution in [3.8, 4) is 11.5 Å². The van der Waals surface area contributed by atoms with E-state index in [2.05, 4.69) is 41.1 Å². The van der Waals surface area contributed by atoms with Gasteiger partial charge in [0.1, 0.15) is 24.9 Å². The van der Waals surface area contributed by atoms with E-state index in [9.17, 15) is 0 Å². The topological polar surface area (TPSA) is 68.7 Å². The van der Waals surface area contributed by atoms with Crippen LogP contribution in [0.5, 0.6) is 11.5 Å². The number of ether oxygens (including phenoxy) is 3. The SMILES string of the molecule is COc1cc2c(Nc3ccc(Cl)c(Cl)c3)ncnc2cc1OCC1CN(C)C(C)[C@H](C)O1. The van der Waals surface area contributed by atoms with Gasteiger partial charge in [-0.15, -0.1) is 0 Å². The molecule has 1 N–H and O–H groups in total. The number of likely N-dealkylation sites (N-methyl/N-ethyl adjacent to an activating group) is 1. The van der Waals surface area contributed by atoms with Gasteiger partial charge in [-0.25, -0.2) is 9.97 Å². The Morgan fingerprint density at radius 2 is 1.94 bits per heavy atom. The molecule has 3 aromatic rings. The molecule has 1 fully saturated rings. The number of nitrogens with zero attached hydrogens (tertiary/aromatic N) is 3. The zero-order valence-corrected chi connectivity index (χ0v) is 19.9. The lowest BCUT2D eigenvalue weighted by atomic mass is 10.1. The van der Waals surface area contributed by atoms with Crippen molar-refractivity contribution in [3.05, 3.63) is 46.7 Å². The van der Waals surface area contributed by atoms with Crippen LogP contribution in [0.2, 0.25) is 10.0 Å². The van der Waals surface area contributed by atoms with Crippen LogP contribution in [-0.2, 0) is 4.74 Å². The number of fused-ring (bicyclic) bond motifs is 1. The number of benzene rings is 2. The lowest BCUT2D eigenvalue weighted by Gasteiger charge is -2.39. The van der Waals surface area contributed by atoms with Gasteiger partial charge in [0.2, 0.25) is 0 Å². The highest BCUT2D eigenvalue weighted by Gasteiger charge is 2.29. The van der Waals surface area contributed by atoms with Crippen molar-refractivity contribution in [2.45, 2.75) is 32.1 Å². The normalized spacial score (nSPS) is 21.5. The molecule has 9 heteroatoms. The fourth-order valence-electron chi connectivity index (χ4n) is 3.73. The first-order valence-corrected chi connectivity index (χ1v) is 11.1. The van der Waals surface area contributed by atoms with Crippen LogP contribution in [0.4, 0.5) is 11.5 Å². The van der Waals surface area contributed by atoms with Crippen molar-refractivity contribution < 1.29 is 14.2 Å². The predicted octanol–water partition coefficient (Wildman–Crippen LogP) is 5.18. The van der Waals surface area contributed by atoms with Gasteiger partial charge in [-0.1, -0.05) is 23.2 Å². The molecule has 1 aromatic heterocycles. The fraction of sp³-hybridized carbons (Fsp3) is 0.391. The Morgan fingerprint density at radius 3 is 2.66 bits per heavy atom. The largest absolute Gasteiger partial charge is 0.493 e. The van der Waals surface area contributed by atoms with Crippen molar-refractivity contribution in [1.29, 1.82) is 0 Å². The van der Waals surface area contributed by atoms with Gasteiger partial charge < -0.3 is 19.5 Å². The highest BCUT2D eigenvalue weighted by atomic mass is 35.5. The molecule has 2 aromatic carbocycles. The average molecular weight is 477 g/mol. The molecule has 1 saturated heterocycles. The number of nitrogens with one attached hydrogen (secondary N) is 1. The molecule has 0 spiro atoms. The van der Waals surface area contributed by atoms with Gasteiger partial charge >= 0.3 is 0 Å². The zero-order valence-electron chi connectivity index (χ0n) is 18.4. The van der Waals surface area contributed by atoms with E-state index in [1.165, 1.54) is 6.33 Å². The summed E-state index contributed by atoms with van der Waals surface area (Å²) in [6.45, 7) is 5.48. The summed E-state index contributed by atoms with van der Waals surface area (Å²) in [5.41, 5.74) is 1.49. The minimum atomic E-state index is -0.0242. The highest BCUT2D eigenvalue weighted by Crippen LogP contribution is 2.35. The minimum absolute atomic E-state index is 0.0242. The van der Waals surface area contributed by atoms with Gasteiger partial charge in [0.05, 0.1) is 28.8 Å². The van der Waals surface area contributed by atoms with Crippen molar-refractivity contribution in [2.24, 2.45) is 0 Å². The van der Waals surface area contributed by atoms with E-state index in [1.807, 2.05) is 18.2 Å². The Morgan fingerprint density at radius 1 is 1.12 bits per heavy atom.